The van der Waals surface area contributed by atoms with Crippen molar-refractivity contribution in [1.29, 1.82) is 0 Å². The minimum atomic E-state index is 0. The summed E-state index contributed by atoms with van der Waals surface area (Å²) in [6.07, 6.45) is 1.18. The molecule has 2 aromatic carbocycles. The average Bonchev–Trinajstić information content (AvgIpc) is 2.53. The lowest BCUT2D eigenvalue weighted by molar-refractivity contribution is 0.295. The van der Waals surface area contributed by atoms with Crippen LogP contribution in [0.3, 0.4) is 0 Å². The van der Waals surface area contributed by atoms with Gasteiger partial charge >= 0.3 is 0 Å². The summed E-state index contributed by atoms with van der Waals surface area (Å²) in [7, 11) is 0. The van der Waals surface area contributed by atoms with Crippen molar-refractivity contribution in [2.75, 3.05) is 19.6 Å². The van der Waals surface area contributed by atoms with Crippen molar-refractivity contribution in [3.63, 3.8) is 0 Å². The third-order valence-electron chi connectivity index (χ3n) is 4.03. The Balaban J connectivity index is 0.00000220. The summed E-state index contributed by atoms with van der Waals surface area (Å²) in [4.78, 5) is 2.50. The smallest absolute Gasteiger partial charge is 0.0101 e. The van der Waals surface area contributed by atoms with E-state index in [4.69, 9.17) is 0 Å². The summed E-state index contributed by atoms with van der Waals surface area (Å²) in [6.45, 7) is 7.90. The Morgan fingerprint density at radius 3 is 1.57 bits per heavy atom. The molecule has 0 aliphatic heterocycles. The predicted octanol–water partition coefficient (Wildman–Crippen LogP) is 4.97. The molecule has 2 rings (SSSR count). The van der Waals surface area contributed by atoms with Crippen LogP contribution in [0.4, 0.5) is 0 Å². The Morgan fingerprint density at radius 2 is 1.19 bits per heavy atom. The summed E-state index contributed by atoms with van der Waals surface area (Å²) in [5.74, 6) is 0.498. The molecular formula is C19H26ClN. The third-order valence-corrected chi connectivity index (χ3v) is 4.03. The monoisotopic (exact) mass is 303 g/mol. The zero-order chi connectivity index (χ0) is 14.2. The van der Waals surface area contributed by atoms with Gasteiger partial charge in [0.25, 0.3) is 0 Å². The summed E-state index contributed by atoms with van der Waals surface area (Å²) in [5.41, 5.74) is 2.84. The van der Waals surface area contributed by atoms with E-state index in [9.17, 15) is 0 Å². The molecule has 0 N–H and O–H groups in total. The molecule has 1 nitrogen and oxygen atoms in total. The topological polar surface area (TPSA) is 3.24 Å². The van der Waals surface area contributed by atoms with Crippen molar-refractivity contribution in [2.45, 2.75) is 26.2 Å². The fourth-order valence-corrected chi connectivity index (χ4v) is 2.75. The first kappa shape index (κ1) is 17.7. The second-order valence-corrected chi connectivity index (χ2v) is 5.19. The molecule has 0 amide bonds. The molecule has 0 heterocycles. The van der Waals surface area contributed by atoms with Gasteiger partial charge in [-0.1, -0.05) is 74.5 Å². The van der Waals surface area contributed by atoms with Gasteiger partial charge in [0.15, 0.2) is 0 Å². The molecule has 2 aromatic rings. The maximum absolute atomic E-state index is 2.50. The second kappa shape index (κ2) is 9.59. The fourth-order valence-electron chi connectivity index (χ4n) is 2.75. The summed E-state index contributed by atoms with van der Waals surface area (Å²) < 4.78 is 0. The van der Waals surface area contributed by atoms with Crippen LogP contribution in [0.2, 0.25) is 0 Å². The molecule has 0 saturated carbocycles. The molecule has 0 spiro atoms. The van der Waals surface area contributed by atoms with Gasteiger partial charge in [0.2, 0.25) is 0 Å². The van der Waals surface area contributed by atoms with E-state index in [1.54, 1.807) is 0 Å². The van der Waals surface area contributed by atoms with E-state index in [1.165, 1.54) is 17.5 Å². The second-order valence-electron chi connectivity index (χ2n) is 5.19. The number of halogens is 1. The van der Waals surface area contributed by atoms with E-state index >= 15 is 0 Å². The Labute approximate surface area is 135 Å². The molecule has 0 aliphatic rings. The van der Waals surface area contributed by atoms with Crippen molar-refractivity contribution < 1.29 is 0 Å². The van der Waals surface area contributed by atoms with Crippen LogP contribution < -0.4 is 0 Å². The fraction of sp³-hybridized carbons (Fsp3) is 0.368. The molecule has 0 unspecified atom stereocenters. The van der Waals surface area contributed by atoms with Gasteiger partial charge in [0.1, 0.15) is 0 Å². The Kier molecular flexibility index (Phi) is 8.11. The zero-order valence-electron chi connectivity index (χ0n) is 13.0. The van der Waals surface area contributed by atoms with Gasteiger partial charge in [-0.2, -0.15) is 0 Å². The first-order valence-corrected chi connectivity index (χ1v) is 7.67. The van der Waals surface area contributed by atoms with Crippen LogP contribution in [0, 0.1) is 0 Å². The number of nitrogens with zero attached hydrogens (tertiary/aromatic N) is 1. The maximum Gasteiger partial charge on any atom is 0.0101 e. The van der Waals surface area contributed by atoms with Gasteiger partial charge in [-0.15, -0.1) is 12.4 Å². The van der Waals surface area contributed by atoms with E-state index in [0.717, 1.165) is 19.6 Å². The van der Waals surface area contributed by atoms with Gasteiger partial charge in [-0.05, 0) is 37.2 Å². The largest absolute Gasteiger partial charge is 0.304 e. The van der Waals surface area contributed by atoms with Crippen molar-refractivity contribution in [1.82, 2.24) is 4.90 Å². The van der Waals surface area contributed by atoms with E-state index in [-0.39, 0.29) is 12.4 Å². The lowest BCUT2D eigenvalue weighted by Gasteiger charge is -2.23. The highest BCUT2D eigenvalue weighted by Gasteiger charge is 2.14. The Morgan fingerprint density at radius 1 is 0.762 bits per heavy atom. The van der Waals surface area contributed by atoms with Crippen LogP contribution in [0.1, 0.15) is 37.3 Å². The first-order chi connectivity index (χ1) is 9.85. The molecule has 0 bridgehead atoms. The maximum atomic E-state index is 2.50. The van der Waals surface area contributed by atoms with Crippen molar-refractivity contribution >= 4 is 12.4 Å². The van der Waals surface area contributed by atoms with Crippen LogP contribution in [0.15, 0.2) is 60.7 Å². The molecule has 21 heavy (non-hydrogen) atoms. The number of benzene rings is 2. The molecule has 0 aromatic heterocycles. The van der Waals surface area contributed by atoms with Crippen molar-refractivity contribution in [2.24, 2.45) is 0 Å². The zero-order valence-corrected chi connectivity index (χ0v) is 13.9. The first-order valence-electron chi connectivity index (χ1n) is 7.67. The molecule has 0 radical (unpaired) electrons. The van der Waals surface area contributed by atoms with Gasteiger partial charge in [-0.3, -0.25) is 0 Å². The molecule has 114 valence electrons. The highest BCUT2D eigenvalue weighted by atomic mass is 35.5. The standard InChI is InChI=1S/C19H25N.ClH/c1-3-20(4-2)16-15-19(17-11-7-5-8-12-17)18-13-9-6-10-14-18;/h5-14,19H,3-4,15-16H2,1-2H3;1H. The van der Waals surface area contributed by atoms with Gasteiger partial charge < -0.3 is 4.90 Å². The third kappa shape index (κ3) is 5.18. The summed E-state index contributed by atoms with van der Waals surface area (Å²) in [5, 5.41) is 0. The molecule has 2 heteroatoms. The van der Waals surface area contributed by atoms with Gasteiger partial charge in [0.05, 0.1) is 0 Å². The van der Waals surface area contributed by atoms with Crippen molar-refractivity contribution in [3.05, 3.63) is 71.8 Å². The number of rotatable bonds is 7. The molecule has 0 aliphatic carbocycles. The highest BCUT2D eigenvalue weighted by molar-refractivity contribution is 5.85. The van der Waals surface area contributed by atoms with Crippen LogP contribution >= 0.6 is 12.4 Å². The van der Waals surface area contributed by atoms with Crippen LogP contribution in [0.25, 0.3) is 0 Å². The van der Waals surface area contributed by atoms with E-state index in [0.29, 0.717) is 5.92 Å². The average molecular weight is 304 g/mol. The van der Waals surface area contributed by atoms with Gasteiger partial charge in [-0.25, -0.2) is 0 Å². The number of hydrogen-bond donors (Lipinski definition) is 0. The molecular weight excluding hydrogens is 278 g/mol. The number of hydrogen-bond acceptors (Lipinski definition) is 1. The van der Waals surface area contributed by atoms with E-state index < -0.39 is 0 Å². The predicted molar refractivity (Wildman–Crippen MR) is 94.4 cm³/mol. The summed E-state index contributed by atoms with van der Waals surface area (Å²) in [6, 6.07) is 21.8. The SMILES string of the molecule is CCN(CC)CCC(c1ccccc1)c1ccccc1.Cl. The summed E-state index contributed by atoms with van der Waals surface area (Å²) >= 11 is 0. The minimum Gasteiger partial charge on any atom is -0.304 e. The van der Waals surface area contributed by atoms with Crippen LogP contribution in [0.5, 0.6) is 0 Å². The normalized spacial score (nSPS) is 10.7. The van der Waals surface area contributed by atoms with Crippen molar-refractivity contribution in [3.8, 4) is 0 Å². The van der Waals surface area contributed by atoms with E-state index in [1.807, 2.05) is 0 Å². The van der Waals surface area contributed by atoms with Gasteiger partial charge in [0, 0.05) is 5.92 Å². The molecule has 0 atom stereocenters. The molecule has 0 fully saturated rings. The highest BCUT2D eigenvalue weighted by Crippen LogP contribution is 2.27. The Bertz CT molecular complexity index is 440. The van der Waals surface area contributed by atoms with E-state index in [2.05, 4.69) is 79.4 Å². The molecule has 0 saturated heterocycles. The lowest BCUT2D eigenvalue weighted by atomic mass is 9.88. The van der Waals surface area contributed by atoms with Crippen LogP contribution in [-0.2, 0) is 0 Å². The Hall–Kier alpha value is -1.31. The quantitative estimate of drug-likeness (QED) is 0.698. The minimum absolute atomic E-state index is 0. The lowest BCUT2D eigenvalue weighted by Crippen LogP contribution is -2.25. The van der Waals surface area contributed by atoms with Crippen LogP contribution in [-0.4, -0.2) is 24.5 Å².